The van der Waals surface area contributed by atoms with Crippen LogP contribution in [0.4, 0.5) is 23.2 Å². The Kier molecular flexibility index (Phi) is 8.53. The summed E-state index contributed by atoms with van der Waals surface area (Å²) in [5.41, 5.74) is -1.82. The molecule has 0 aliphatic carbocycles. The highest BCUT2D eigenvalue weighted by atomic mass is 35.5. The maximum atomic E-state index is 15.2. The van der Waals surface area contributed by atoms with Gasteiger partial charge in [0.25, 0.3) is 5.56 Å². The number of halogens is 5. The molecule has 1 atom stereocenters. The summed E-state index contributed by atoms with van der Waals surface area (Å²) in [6, 6.07) is 4.47. The normalized spacial score (nSPS) is 15.0. The van der Waals surface area contributed by atoms with Gasteiger partial charge in [0.1, 0.15) is 17.3 Å². The van der Waals surface area contributed by atoms with Crippen LogP contribution >= 0.6 is 11.6 Å². The highest BCUT2D eigenvalue weighted by Gasteiger charge is 2.33. The van der Waals surface area contributed by atoms with E-state index in [1.807, 2.05) is 19.9 Å². The molecule has 3 aromatic heterocycles. The Morgan fingerprint density at radius 1 is 1.17 bits per heavy atom. The van der Waals surface area contributed by atoms with Crippen molar-refractivity contribution < 1.29 is 27.5 Å². The molecule has 1 amide bonds. The fourth-order valence-corrected chi connectivity index (χ4v) is 6.05. The molecule has 5 rings (SSSR count). The van der Waals surface area contributed by atoms with E-state index in [2.05, 4.69) is 16.5 Å². The van der Waals surface area contributed by atoms with E-state index in [-0.39, 0.29) is 65.5 Å². The van der Waals surface area contributed by atoms with Crippen LogP contribution in [0.3, 0.4) is 0 Å². The number of nitrogens with zero attached hydrogens (tertiary/aromatic N) is 6. The van der Waals surface area contributed by atoms with Gasteiger partial charge in [-0.1, -0.05) is 32.0 Å². The average molecular weight is 655 g/mol. The van der Waals surface area contributed by atoms with E-state index in [1.54, 1.807) is 35.9 Å². The molecule has 0 bridgehead atoms. The Hall–Kier alpha value is -4.96. The summed E-state index contributed by atoms with van der Waals surface area (Å²) in [6.45, 7) is 11.3. The first-order chi connectivity index (χ1) is 21.7. The summed E-state index contributed by atoms with van der Waals surface area (Å²) >= 11 is 6.55. The number of aryl methyl sites for hydroxylation is 1. The lowest BCUT2D eigenvalue weighted by Gasteiger charge is -2.41. The van der Waals surface area contributed by atoms with Gasteiger partial charge < -0.3 is 14.9 Å². The number of pyridine rings is 3. The van der Waals surface area contributed by atoms with E-state index in [1.165, 1.54) is 12.1 Å². The number of phenolic OH excluding ortho intramolecular Hbond substituents is 1. The Labute approximate surface area is 265 Å². The monoisotopic (exact) mass is 654 g/mol. The predicted molar refractivity (Wildman–Crippen MR) is 164 cm³/mol. The summed E-state index contributed by atoms with van der Waals surface area (Å²) in [7, 11) is 0. The van der Waals surface area contributed by atoms with Crippen molar-refractivity contribution in [3.63, 3.8) is 0 Å². The molecular weight excluding hydrogens is 628 g/mol. The highest BCUT2D eigenvalue weighted by molar-refractivity contribution is 6.34. The molecule has 0 spiro atoms. The second-order valence-electron chi connectivity index (χ2n) is 11.2. The van der Waals surface area contributed by atoms with E-state index in [4.69, 9.17) is 11.6 Å². The molecule has 238 valence electrons. The molecule has 9 nitrogen and oxygen atoms in total. The van der Waals surface area contributed by atoms with Gasteiger partial charge in [-0.15, -0.1) is 0 Å². The van der Waals surface area contributed by atoms with Gasteiger partial charge in [0.15, 0.2) is 17.4 Å². The number of carbonyl (C=O) groups is 1. The number of anilines is 1. The van der Waals surface area contributed by atoms with Crippen LogP contribution in [0.15, 0.2) is 35.8 Å². The number of rotatable bonds is 5. The van der Waals surface area contributed by atoms with Crippen molar-refractivity contribution in [3.8, 4) is 28.8 Å². The zero-order chi connectivity index (χ0) is 33.8. The molecule has 4 heterocycles. The van der Waals surface area contributed by atoms with E-state index in [0.29, 0.717) is 11.3 Å². The highest BCUT2D eigenvalue weighted by Crippen LogP contribution is 2.42. The van der Waals surface area contributed by atoms with Crippen molar-refractivity contribution in [2.45, 2.75) is 39.7 Å². The van der Waals surface area contributed by atoms with Crippen molar-refractivity contribution in [3.05, 3.63) is 86.5 Å². The molecule has 1 saturated heterocycles. The summed E-state index contributed by atoms with van der Waals surface area (Å²) in [6.07, 6.45) is 2.73. The maximum absolute atomic E-state index is 15.2. The van der Waals surface area contributed by atoms with Crippen molar-refractivity contribution in [2.24, 2.45) is 0 Å². The third kappa shape index (κ3) is 5.02. The lowest BCUT2D eigenvalue weighted by Crippen LogP contribution is -2.54. The smallest absolute Gasteiger partial charge is 0.276 e. The molecule has 0 saturated carbocycles. The summed E-state index contributed by atoms with van der Waals surface area (Å²) < 4.78 is 59.1. The number of hydrogen-bond acceptors (Lipinski definition) is 7. The molecule has 1 N–H and O–H groups in total. The second-order valence-corrected chi connectivity index (χ2v) is 11.6. The average Bonchev–Trinajstić information content (AvgIpc) is 3.02. The van der Waals surface area contributed by atoms with Gasteiger partial charge >= 0.3 is 0 Å². The molecule has 0 unspecified atom stereocenters. The fraction of sp³-hybridized carbons (Fsp3) is 0.281. The zero-order valence-corrected chi connectivity index (χ0v) is 25.9. The Morgan fingerprint density at radius 3 is 2.46 bits per heavy atom. The predicted octanol–water partition coefficient (Wildman–Crippen LogP) is 5.89. The SMILES string of the molecule is C=CC(=O)N1CCN(c2c(C#N)c(=O)n(-c3c(C)ccnc3C(C)C)c3nc(-c4c(O)c(F)c(F)c(F)c4F)c(Cl)cc23)C[C@H]1C. The number of piperazine rings is 1. The molecule has 1 aliphatic rings. The molecule has 14 heteroatoms. The van der Waals surface area contributed by atoms with Gasteiger partial charge in [0, 0.05) is 37.3 Å². The van der Waals surface area contributed by atoms with Crippen LogP contribution in [0.2, 0.25) is 5.02 Å². The van der Waals surface area contributed by atoms with Crippen LogP contribution in [-0.2, 0) is 4.79 Å². The maximum Gasteiger partial charge on any atom is 0.276 e. The van der Waals surface area contributed by atoms with Crippen LogP contribution in [0.1, 0.15) is 43.5 Å². The number of amides is 1. The van der Waals surface area contributed by atoms with E-state index in [0.717, 1.165) is 4.57 Å². The summed E-state index contributed by atoms with van der Waals surface area (Å²) in [5.74, 6) is -10.6. The van der Waals surface area contributed by atoms with Crippen LogP contribution in [0.25, 0.3) is 28.0 Å². The van der Waals surface area contributed by atoms with Crippen LogP contribution in [0, 0.1) is 41.5 Å². The number of aromatic hydroxyl groups is 1. The number of fused-ring (bicyclic) bond motifs is 1. The quantitative estimate of drug-likeness (QED) is 0.124. The van der Waals surface area contributed by atoms with Crippen LogP contribution in [-0.4, -0.2) is 56.1 Å². The van der Waals surface area contributed by atoms with Crippen molar-refractivity contribution in [1.82, 2.24) is 19.4 Å². The number of benzene rings is 1. The first kappa shape index (κ1) is 32.4. The van der Waals surface area contributed by atoms with Gasteiger partial charge in [-0.05, 0) is 43.5 Å². The Balaban J connectivity index is 1.94. The fourth-order valence-electron chi connectivity index (χ4n) is 5.81. The molecule has 46 heavy (non-hydrogen) atoms. The van der Waals surface area contributed by atoms with E-state index >= 15 is 4.39 Å². The van der Waals surface area contributed by atoms with Gasteiger partial charge in [0.05, 0.1) is 33.3 Å². The molecule has 1 aromatic carbocycles. The summed E-state index contributed by atoms with van der Waals surface area (Å²) in [5, 5.41) is 20.5. The topological polar surface area (TPSA) is 115 Å². The van der Waals surface area contributed by atoms with Crippen molar-refractivity contribution >= 4 is 34.2 Å². The first-order valence-corrected chi connectivity index (χ1v) is 14.5. The number of phenols is 1. The minimum atomic E-state index is -2.23. The number of aromatic nitrogens is 3. The van der Waals surface area contributed by atoms with E-state index in [9.17, 15) is 33.1 Å². The largest absolute Gasteiger partial charge is 0.504 e. The van der Waals surface area contributed by atoms with Crippen LogP contribution < -0.4 is 10.5 Å². The third-order valence-electron chi connectivity index (χ3n) is 7.99. The lowest BCUT2D eigenvalue weighted by molar-refractivity contribution is -0.128. The van der Waals surface area contributed by atoms with Crippen molar-refractivity contribution in [2.75, 3.05) is 24.5 Å². The molecule has 0 radical (unpaired) electrons. The standard InChI is InChI=1S/C32H27ClF4N6O3/c1-6-20(44)42-10-9-41(13-16(42)5)29-17-11-19(33)27(21-22(34)23(35)24(36)25(37)30(21)45)40-31(17)43(32(46)18(29)12-38)28-15(4)7-8-39-26(28)14(2)3/h6-8,11,14,16,45H,1,9-10,13H2,2-5H3/t16-/m1/s1. The lowest BCUT2D eigenvalue weighted by atomic mass is 10.0. The third-order valence-corrected chi connectivity index (χ3v) is 8.28. The van der Waals surface area contributed by atoms with Gasteiger partial charge in [-0.2, -0.15) is 9.65 Å². The summed E-state index contributed by atoms with van der Waals surface area (Å²) in [4.78, 5) is 38.9. The van der Waals surface area contributed by atoms with Crippen molar-refractivity contribution in [1.29, 1.82) is 5.26 Å². The molecule has 4 aromatic rings. The number of carbonyl (C=O) groups excluding carboxylic acids is 1. The zero-order valence-electron chi connectivity index (χ0n) is 25.1. The molecular formula is C32H27ClF4N6O3. The Morgan fingerprint density at radius 2 is 1.85 bits per heavy atom. The first-order valence-electron chi connectivity index (χ1n) is 14.1. The van der Waals surface area contributed by atoms with E-state index < -0.39 is 50.9 Å². The van der Waals surface area contributed by atoms with Gasteiger partial charge in [0.2, 0.25) is 17.5 Å². The second kappa shape index (κ2) is 12.1. The number of hydrogen-bond donors (Lipinski definition) is 1. The van der Waals surface area contributed by atoms with Gasteiger partial charge in [-0.25, -0.2) is 18.2 Å². The van der Waals surface area contributed by atoms with Crippen LogP contribution in [0.5, 0.6) is 5.75 Å². The van der Waals surface area contributed by atoms with Gasteiger partial charge in [-0.3, -0.25) is 19.1 Å². The molecule has 1 fully saturated rings. The minimum absolute atomic E-state index is 0.117. The minimum Gasteiger partial charge on any atom is -0.504 e. The number of nitriles is 1. The Bertz CT molecular complexity index is 2030. The molecule has 1 aliphatic heterocycles.